The molecule has 0 unspecified atom stereocenters. The number of nitrogens with one attached hydrogen (secondary N) is 1. The molecule has 0 fully saturated rings. The van der Waals surface area contributed by atoms with Crippen LogP contribution in [0.1, 0.15) is 19.5 Å². The Hall–Kier alpha value is -2.02. The van der Waals surface area contributed by atoms with Gasteiger partial charge in [-0.3, -0.25) is 0 Å². The molecule has 1 N–H and O–H groups in total. The standard InChI is InChI=1S/C14H18F2N4O/c1-10(2)17-8-13-9-20(19-18-13)3-4-21-14-6-11(15)5-12(16)7-14/h5-7,9-10,17H,3-4,8H2,1-2H3. The van der Waals surface area contributed by atoms with Crippen LogP contribution in [-0.2, 0) is 13.1 Å². The molecule has 0 amide bonds. The molecule has 2 aromatic rings. The molecule has 0 aliphatic rings. The SMILES string of the molecule is CC(C)NCc1cn(CCOc2cc(F)cc(F)c2)nn1. The first kappa shape index (κ1) is 15.4. The van der Waals surface area contributed by atoms with Crippen LogP contribution in [0.2, 0.25) is 0 Å². The average molecular weight is 296 g/mol. The van der Waals surface area contributed by atoms with E-state index in [2.05, 4.69) is 29.5 Å². The van der Waals surface area contributed by atoms with Crippen LogP contribution >= 0.6 is 0 Å². The van der Waals surface area contributed by atoms with Crippen LogP contribution < -0.4 is 10.1 Å². The molecule has 0 bridgehead atoms. The van der Waals surface area contributed by atoms with Crippen LogP contribution in [0.5, 0.6) is 5.75 Å². The van der Waals surface area contributed by atoms with E-state index in [0.717, 1.165) is 23.9 Å². The van der Waals surface area contributed by atoms with Crippen molar-refractivity contribution >= 4 is 0 Å². The Labute approximate surface area is 121 Å². The van der Waals surface area contributed by atoms with Crippen molar-refractivity contribution in [3.8, 4) is 5.75 Å². The minimum absolute atomic E-state index is 0.161. The maximum absolute atomic E-state index is 13.0. The maximum Gasteiger partial charge on any atom is 0.129 e. The van der Waals surface area contributed by atoms with Crippen molar-refractivity contribution in [2.24, 2.45) is 0 Å². The van der Waals surface area contributed by atoms with Gasteiger partial charge in [0.1, 0.15) is 24.0 Å². The summed E-state index contributed by atoms with van der Waals surface area (Å²) in [6, 6.07) is 3.46. The summed E-state index contributed by atoms with van der Waals surface area (Å²) < 4.78 is 32.9. The summed E-state index contributed by atoms with van der Waals surface area (Å²) in [5.41, 5.74) is 0.834. The Balaban J connectivity index is 1.80. The minimum Gasteiger partial charge on any atom is -0.491 e. The highest BCUT2D eigenvalue weighted by molar-refractivity contribution is 5.23. The second-order valence-corrected chi connectivity index (χ2v) is 4.96. The van der Waals surface area contributed by atoms with Gasteiger partial charge in [0.05, 0.1) is 12.2 Å². The molecule has 2 rings (SSSR count). The average Bonchev–Trinajstić information content (AvgIpc) is 2.83. The summed E-state index contributed by atoms with van der Waals surface area (Å²) >= 11 is 0. The van der Waals surface area contributed by atoms with Gasteiger partial charge in [0.2, 0.25) is 0 Å². The van der Waals surface area contributed by atoms with Crippen LogP contribution in [0, 0.1) is 11.6 Å². The van der Waals surface area contributed by atoms with E-state index in [-0.39, 0.29) is 12.4 Å². The van der Waals surface area contributed by atoms with Gasteiger partial charge in [-0.05, 0) is 0 Å². The van der Waals surface area contributed by atoms with E-state index in [4.69, 9.17) is 4.74 Å². The van der Waals surface area contributed by atoms with Gasteiger partial charge in [0.25, 0.3) is 0 Å². The highest BCUT2D eigenvalue weighted by Gasteiger charge is 2.04. The second kappa shape index (κ2) is 7.12. The Bertz CT molecular complexity index is 566. The van der Waals surface area contributed by atoms with Gasteiger partial charge in [-0.2, -0.15) is 0 Å². The fourth-order valence-electron chi connectivity index (χ4n) is 1.71. The molecule has 0 aliphatic carbocycles. The molecule has 1 aromatic carbocycles. The van der Waals surface area contributed by atoms with E-state index in [1.165, 1.54) is 0 Å². The third kappa shape index (κ3) is 5.11. The fraction of sp³-hybridized carbons (Fsp3) is 0.429. The smallest absolute Gasteiger partial charge is 0.129 e. The number of hydrogen-bond acceptors (Lipinski definition) is 4. The molecule has 114 valence electrons. The zero-order chi connectivity index (χ0) is 15.2. The van der Waals surface area contributed by atoms with Gasteiger partial charge in [0, 0.05) is 37.0 Å². The maximum atomic E-state index is 13.0. The highest BCUT2D eigenvalue weighted by Crippen LogP contribution is 2.15. The summed E-state index contributed by atoms with van der Waals surface area (Å²) in [6.07, 6.45) is 1.81. The summed E-state index contributed by atoms with van der Waals surface area (Å²) in [7, 11) is 0. The summed E-state index contributed by atoms with van der Waals surface area (Å²) in [5.74, 6) is -1.16. The second-order valence-electron chi connectivity index (χ2n) is 4.96. The predicted molar refractivity (Wildman–Crippen MR) is 73.9 cm³/mol. The number of nitrogens with zero attached hydrogens (tertiary/aromatic N) is 3. The molecule has 1 aromatic heterocycles. The van der Waals surface area contributed by atoms with Crippen LogP contribution in [0.25, 0.3) is 0 Å². The molecule has 0 radical (unpaired) electrons. The fourth-order valence-corrected chi connectivity index (χ4v) is 1.71. The number of hydrogen-bond donors (Lipinski definition) is 1. The van der Waals surface area contributed by atoms with Crippen molar-refractivity contribution in [3.05, 3.63) is 41.7 Å². The minimum atomic E-state index is -0.659. The molecule has 0 saturated carbocycles. The predicted octanol–water partition coefficient (Wildman–Crippen LogP) is 2.13. The molecule has 0 saturated heterocycles. The number of benzene rings is 1. The summed E-state index contributed by atoms with van der Waals surface area (Å²) in [4.78, 5) is 0. The quantitative estimate of drug-likeness (QED) is 0.850. The normalized spacial score (nSPS) is 11.1. The number of halogens is 2. The van der Waals surface area contributed by atoms with Crippen molar-refractivity contribution < 1.29 is 13.5 Å². The number of rotatable bonds is 7. The van der Waals surface area contributed by atoms with Gasteiger partial charge in [0.15, 0.2) is 0 Å². The van der Waals surface area contributed by atoms with Gasteiger partial charge < -0.3 is 10.1 Å². The van der Waals surface area contributed by atoms with E-state index in [1.54, 1.807) is 4.68 Å². The lowest BCUT2D eigenvalue weighted by Gasteiger charge is -2.06. The number of ether oxygens (including phenoxy) is 1. The van der Waals surface area contributed by atoms with E-state index < -0.39 is 11.6 Å². The molecular weight excluding hydrogens is 278 g/mol. The Kier molecular flexibility index (Phi) is 5.21. The van der Waals surface area contributed by atoms with Gasteiger partial charge in [-0.1, -0.05) is 19.1 Å². The van der Waals surface area contributed by atoms with Crippen LogP contribution in [-0.4, -0.2) is 27.6 Å². The molecule has 0 aliphatic heterocycles. The van der Waals surface area contributed by atoms with Crippen LogP contribution in [0.15, 0.2) is 24.4 Å². The van der Waals surface area contributed by atoms with E-state index in [9.17, 15) is 8.78 Å². The lowest BCUT2D eigenvalue weighted by Crippen LogP contribution is -2.21. The molecule has 21 heavy (non-hydrogen) atoms. The lowest BCUT2D eigenvalue weighted by atomic mass is 10.3. The zero-order valence-electron chi connectivity index (χ0n) is 12.0. The molecule has 7 heteroatoms. The van der Waals surface area contributed by atoms with Crippen molar-refractivity contribution in [3.63, 3.8) is 0 Å². The zero-order valence-corrected chi connectivity index (χ0v) is 12.0. The number of aromatic nitrogens is 3. The first-order valence-corrected chi connectivity index (χ1v) is 6.74. The van der Waals surface area contributed by atoms with Gasteiger partial charge in [-0.25, -0.2) is 13.5 Å². The monoisotopic (exact) mass is 296 g/mol. The van der Waals surface area contributed by atoms with Crippen molar-refractivity contribution in [1.82, 2.24) is 20.3 Å². The molecule has 5 nitrogen and oxygen atoms in total. The third-order valence-corrected chi connectivity index (χ3v) is 2.70. The molecular formula is C14H18F2N4O. The Morgan fingerprint density at radius 2 is 1.95 bits per heavy atom. The van der Waals surface area contributed by atoms with Crippen molar-refractivity contribution in [2.75, 3.05) is 6.61 Å². The Morgan fingerprint density at radius 1 is 1.24 bits per heavy atom. The third-order valence-electron chi connectivity index (χ3n) is 2.70. The van der Waals surface area contributed by atoms with Crippen LogP contribution in [0.3, 0.4) is 0 Å². The molecule has 1 heterocycles. The van der Waals surface area contributed by atoms with Crippen LogP contribution in [0.4, 0.5) is 8.78 Å². The Morgan fingerprint density at radius 3 is 2.62 bits per heavy atom. The largest absolute Gasteiger partial charge is 0.491 e. The first-order chi connectivity index (χ1) is 10.0. The molecule has 0 spiro atoms. The van der Waals surface area contributed by atoms with Gasteiger partial charge in [-0.15, -0.1) is 5.10 Å². The van der Waals surface area contributed by atoms with E-state index in [1.807, 2.05) is 6.20 Å². The first-order valence-electron chi connectivity index (χ1n) is 6.74. The summed E-state index contributed by atoms with van der Waals surface area (Å²) in [6.45, 7) is 5.45. The van der Waals surface area contributed by atoms with Crippen molar-refractivity contribution in [2.45, 2.75) is 33.0 Å². The highest BCUT2D eigenvalue weighted by atomic mass is 19.1. The van der Waals surface area contributed by atoms with Gasteiger partial charge >= 0.3 is 0 Å². The topological polar surface area (TPSA) is 52.0 Å². The summed E-state index contributed by atoms with van der Waals surface area (Å²) in [5, 5.41) is 11.2. The van der Waals surface area contributed by atoms with E-state index >= 15 is 0 Å². The lowest BCUT2D eigenvalue weighted by molar-refractivity contribution is 0.287. The van der Waals surface area contributed by atoms with Crippen molar-refractivity contribution in [1.29, 1.82) is 0 Å². The molecule has 0 atom stereocenters. The van der Waals surface area contributed by atoms with E-state index in [0.29, 0.717) is 19.1 Å².